The predicted molar refractivity (Wildman–Crippen MR) is 183 cm³/mol. The van der Waals surface area contributed by atoms with E-state index >= 15 is 0 Å². The number of nitrogens with two attached hydrogens (primary N) is 1. The second kappa shape index (κ2) is 19.2. The van der Waals surface area contributed by atoms with E-state index in [1.165, 1.54) is 48.5 Å². The number of carbonyl (C=O) groups excluding carboxylic acids is 2. The molecule has 0 unspecified atom stereocenters. The molecule has 0 aromatic heterocycles. The summed E-state index contributed by atoms with van der Waals surface area (Å²) in [5.74, 6) is 9.05. The fourth-order valence-corrected chi connectivity index (χ4v) is 4.78. The molecule has 0 radical (unpaired) electrons. The molecule has 21 heteroatoms. The third kappa shape index (κ3) is 12.6. The Morgan fingerprint density at radius 3 is 2.02 bits per heavy atom. The van der Waals surface area contributed by atoms with Crippen LogP contribution in [0.25, 0.3) is 0 Å². The van der Waals surface area contributed by atoms with Crippen molar-refractivity contribution in [2.45, 2.75) is 49.2 Å². The van der Waals surface area contributed by atoms with Crippen molar-refractivity contribution in [1.82, 2.24) is 0 Å². The van der Waals surface area contributed by atoms with Gasteiger partial charge in [0.05, 0.1) is 10.6 Å². The number of amides is 1. The van der Waals surface area contributed by atoms with E-state index in [1.54, 1.807) is 0 Å². The van der Waals surface area contributed by atoms with Gasteiger partial charge >= 0.3 is 75.3 Å². The van der Waals surface area contributed by atoms with Crippen LogP contribution in [0.2, 0.25) is 10.0 Å². The Labute approximate surface area is 366 Å². The number of cyclic esters (lactones) is 1. The van der Waals surface area contributed by atoms with Gasteiger partial charge in [-0.15, -0.1) is 0 Å². The van der Waals surface area contributed by atoms with Crippen molar-refractivity contribution in [3.63, 3.8) is 0 Å². The monoisotopic (exact) mass is 861 g/mol. The zero-order chi connectivity index (χ0) is 39.4. The quantitative estimate of drug-likeness (QED) is 0.0516. The Kier molecular flexibility index (Phi) is 16.8. The zero-order valence-electron chi connectivity index (χ0n) is 28.0. The van der Waals surface area contributed by atoms with Gasteiger partial charge in [-0.05, 0) is 80.1 Å². The molecule has 2 saturated carbocycles. The molecule has 288 valence electrons. The van der Waals surface area contributed by atoms with E-state index < -0.39 is 45.6 Å². The topological polar surface area (TPSA) is 184 Å². The summed E-state index contributed by atoms with van der Waals surface area (Å²) in [6, 6.07) is 12.4. The molecule has 1 amide bonds. The standard InChI is InChI=1S/C14H9ClF3NO2.C13H11ClF3NO.C7H4ClNO4.K.H2O/c15-9-3-4-11-10(7-9)13(14(16,17)18,21-12(20)19-11)6-5-8-1-2-8;14-9-3-4-11(18)10(7-9)12(19,13(15,16)17)6-5-8-1-2-8;8-7(10)13-6-3-1-5(2-4-6)9(11)12;;/h3-4,7-8H,1-2H2,(H,19,20);3-4,7-8,19H,1-2,18H2;1-4H;;1H2/q;;;+1;/p-1/t13-;12-;;;/m00.../s1. The van der Waals surface area contributed by atoms with Crippen LogP contribution in [0, 0.1) is 45.6 Å². The molecule has 55 heavy (non-hydrogen) atoms. The van der Waals surface area contributed by atoms with Gasteiger partial charge in [-0.2, -0.15) is 26.3 Å². The van der Waals surface area contributed by atoms with Gasteiger partial charge in [0, 0.05) is 62.4 Å². The van der Waals surface area contributed by atoms with E-state index in [1.807, 2.05) is 5.92 Å². The van der Waals surface area contributed by atoms with Crippen molar-refractivity contribution in [1.29, 1.82) is 0 Å². The number of aliphatic hydroxyl groups is 1. The summed E-state index contributed by atoms with van der Waals surface area (Å²) in [7, 11) is 0. The summed E-state index contributed by atoms with van der Waals surface area (Å²) < 4.78 is 89.2. The smallest absolute Gasteiger partial charge is 0.870 e. The number of hydrogen-bond donors (Lipinski definition) is 3. The molecule has 3 aromatic carbocycles. The van der Waals surface area contributed by atoms with Gasteiger partial charge in [0.2, 0.25) is 5.60 Å². The van der Waals surface area contributed by atoms with E-state index in [0.29, 0.717) is 0 Å². The van der Waals surface area contributed by atoms with Crippen LogP contribution >= 0.6 is 34.8 Å². The maximum atomic E-state index is 13.6. The maximum Gasteiger partial charge on any atom is 1.00 e. The van der Waals surface area contributed by atoms with Crippen LogP contribution in [0.1, 0.15) is 36.8 Å². The predicted octanol–water partition coefficient (Wildman–Crippen LogP) is 6.32. The summed E-state index contributed by atoms with van der Waals surface area (Å²) in [5, 5.41) is 22.6. The minimum absolute atomic E-state index is 0. The van der Waals surface area contributed by atoms with Gasteiger partial charge in [0.15, 0.2) is 0 Å². The van der Waals surface area contributed by atoms with Crippen molar-refractivity contribution < 1.29 is 112 Å². The SMILES string of the molecule is Nc1ccc(Cl)cc1[C@@](O)(C#CC1CC1)C(F)(F)F.O=C(Cl)Oc1ccc([N+](=O)[O-])cc1.O=C1Nc2ccc(Cl)cc2[C@@](C#CC2CC2)(C(F)(F)F)O1.[K+].[OH-]. The third-order valence-corrected chi connectivity index (χ3v) is 7.92. The van der Waals surface area contributed by atoms with Gasteiger partial charge in [0.25, 0.3) is 11.3 Å². The average Bonchev–Trinajstić information content (AvgIpc) is 3.99. The summed E-state index contributed by atoms with van der Waals surface area (Å²) in [5.41, 5.74) is -2.83. The largest absolute Gasteiger partial charge is 1.00 e. The number of nitro benzene ring substituents is 1. The van der Waals surface area contributed by atoms with Crippen molar-refractivity contribution in [2.75, 3.05) is 11.1 Å². The first-order valence-electron chi connectivity index (χ1n) is 15.0. The second-order valence-electron chi connectivity index (χ2n) is 11.5. The van der Waals surface area contributed by atoms with Crippen LogP contribution < -0.4 is 67.2 Å². The van der Waals surface area contributed by atoms with Gasteiger partial charge in [0.1, 0.15) is 5.75 Å². The number of nitrogen functional groups attached to an aromatic ring is 1. The van der Waals surface area contributed by atoms with Crippen molar-refractivity contribution >= 4 is 63.4 Å². The normalized spacial score (nSPS) is 17.8. The molecule has 3 aliphatic rings. The number of halogens is 9. The minimum Gasteiger partial charge on any atom is -0.870 e. The molecule has 2 atom stereocenters. The molecule has 1 aliphatic heterocycles. The average molecular weight is 863 g/mol. The number of anilines is 2. The number of nitrogens with one attached hydrogen (secondary N) is 1. The zero-order valence-corrected chi connectivity index (χ0v) is 33.4. The molecule has 0 saturated heterocycles. The number of nitro groups is 1. The maximum absolute atomic E-state index is 13.6. The molecule has 5 N–H and O–H groups in total. The van der Waals surface area contributed by atoms with E-state index in [-0.39, 0.29) is 107 Å². The molecular formula is C34H25Cl3F6KN3O8. The Morgan fingerprint density at radius 2 is 1.51 bits per heavy atom. The van der Waals surface area contributed by atoms with Crippen LogP contribution in [-0.2, 0) is 15.9 Å². The van der Waals surface area contributed by atoms with Gasteiger partial charge < -0.3 is 25.8 Å². The first kappa shape index (κ1) is 47.9. The molecular weight excluding hydrogens is 838 g/mol. The van der Waals surface area contributed by atoms with Crippen molar-refractivity contribution in [2.24, 2.45) is 11.8 Å². The summed E-state index contributed by atoms with van der Waals surface area (Å²) in [4.78, 5) is 31.4. The summed E-state index contributed by atoms with van der Waals surface area (Å²) in [6.45, 7) is 0. The Morgan fingerprint density at radius 1 is 0.964 bits per heavy atom. The second-order valence-corrected chi connectivity index (χ2v) is 12.7. The van der Waals surface area contributed by atoms with E-state index in [9.17, 15) is 51.2 Å². The fraction of sp³-hybridized carbons (Fsp3) is 0.294. The number of non-ortho nitro benzene ring substituents is 1. The number of ether oxygens (including phenoxy) is 2. The molecule has 11 nitrogen and oxygen atoms in total. The first-order chi connectivity index (χ1) is 24.6. The Bertz CT molecular complexity index is 2030. The Hall–Kier alpha value is -3.27. The molecule has 2 aliphatic carbocycles. The van der Waals surface area contributed by atoms with Crippen molar-refractivity contribution in [3.8, 4) is 29.4 Å². The van der Waals surface area contributed by atoms with Crippen molar-refractivity contribution in [3.05, 3.63) is 92.0 Å². The minimum atomic E-state index is -4.95. The molecule has 3 aromatic rings. The van der Waals surface area contributed by atoms with E-state index in [2.05, 4.69) is 32.6 Å². The van der Waals surface area contributed by atoms with Gasteiger partial charge in [-0.3, -0.25) is 15.4 Å². The number of nitrogens with zero attached hydrogens (tertiary/aromatic N) is 1. The van der Waals surface area contributed by atoms with Gasteiger partial charge in [-0.25, -0.2) is 9.59 Å². The number of fused-ring (bicyclic) bond motifs is 1. The number of rotatable bonds is 3. The van der Waals surface area contributed by atoms with Crippen LogP contribution in [-0.4, -0.2) is 39.4 Å². The van der Waals surface area contributed by atoms with Crippen LogP contribution in [0.4, 0.5) is 53.0 Å². The number of hydrogen-bond acceptors (Lipinski definition) is 9. The van der Waals surface area contributed by atoms with E-state index in [4.69, 9.17) is 40.5 Å². The third-order valence-electron chi connectivity index (χ3n) is 7.37. The molecule has 2 fully saturated rings. The van der Waals surface area contributed by atoms with Gasteiger partial charge in [-0.1, -0.05) is 41.0 Å². The van der Waals surface area contributed by atoms with Crippen LogP contribution in [0.5, 0.6) is 5.75 Å². The fourth-order valence-electron chi connectivity index (χ4n) is 4.35. The molecule has 6 rings (SSSR count). The number of benzene rings is 3. The number of alkyl halides is 6. The summed E-state index contributed by atoms with van der Waals surface area (Å²) in [6.07, 6.45) is -7.98. The van der Waals surface area contributed by atoms with Crippen LogP contribution in [0.15, 0.2) is 60.7 Å². The Balaban J connectivity index is 0.000000288. The molecule has 0 bridgehead atoms. The first-order valence-corrected chi connectivity index (χ1v) is 16.2. The van der Waals surface area contributed by atoms with Crippen LogP contribution in [0.3, 0.4) is 0 Å². The summed E-state index contributed by atoms with van der Waals surface area (Å²) >= 11 is 16.4. The molecule has 0 spiro atoms. The molecule has 1 heterocycles. The van der Waals surface area contributed by atoms with E-state index in [0.717, 1.165) is 37.8 Å². The number of carbonyl (C=O) groups is 2.